The van der Waals surface area contributed by atoms with Crippen molar-refractivity contribution < 1.29 is 9.18 Å². The number of nitrogens with two attached hydrogens (primary N) is 1. The van der Waals surface area contributed by atoms with Crippen LogP contribution in [0.2, 0.25) is 0 Å². The highest BCUT2D eigenvalue weighted by Gasteiger charge is 2.19. The highest BCUT2D eigenvalue weighted by molar-refractivity contribution is 9.10. The highest BCUT2D eigenvalue weighted by atomic mass is 79.9. The van der Waals surface area contributed by atoms with Crippen molar-refractivity contribution in [1.82, 2.24) is 0 Å². The molecule has 0 aliphatic heterocycles. The lowest BCUT2D eigenvalue weighted by Gasteiger charge is -2.21. The molecule has 0 bridgehead atoms. The number of amides is 1. The van der Waals surface area contributed by atoms with E-state index in [4.69, 9.17) is 18.0 Å². The van der Waals surface area contributed by atoms with E-state index in [0.717, 1.165) is 0 Å². The molecule has 6 heteroatoms. The Morgan fingerprint density at radius 3 is 2.57 bits per heavy atom. The minimum atomic E-state index is -0.474. The van der Waals surface area contributed by atoms with Crippen LogP contribution in [-0.4, -0.2) is 17.9 Å². The molecule has 0 radical (unpaired) electrons. The van der Waals surface area contributed by atoms with Crippen molar-refractivity contribution in [3.63, 3.8) is 0 Å². The Balaban J connectivity index is 2.45. The molecule has 0 spiro atoms. The van der Waals surface area contributed by atoms with Crippen LogP contribution in [0, 0.1) is 5.82 Å². The Bertz CT molecular complexity index is 721. The second-order valence-corrected chi connectivity index (χ2v) is 5.66. The molecule has 0 fully saturated rings. The molecule has 108 valence electrons. The number of nitrogens with zero attached hydrogens (tertiary/aromatic N) is 1. The van der Waals surface area contributed by atoms with Crippen molar-refractivity contribution in [3.8, 4) is 0 Å². The second kappa shape index (κ2) is 6.32. The number of para-hydroxylation sites is 1. The van der Waals surface area contributed by atoms with Gasteiger partial charge < -0.3 is 10.6 Å². The number of hydrogen-bond donors (Lipinski definition) is 1. The van der Waals surface area contributed by atoms with Crippen molar-refractivity contribution in [2.24, 2.45) is 5.73 Å². The highest BCUT2D eigenvalue weighted by Crippen LogP contribution is 2.24. The number of anilines is 1. The summed E-state index contributed by atoms with van der Waals surface area (Å²) in [5, 5.41) is 0. The average Bonchev–Trinajstić information content (AvgIpc) is 2.48. The van der Waals surface area contributed by atoms with Crippen molar-refractivity contribution in [2.75, 3.05) is 11.9 Å². The van der Waals surface area contributed by atoms with Crippen LogP contribution in [0.5, 0.6) is 0 Å². The zero-order valence-electron chi connectivity index (χ0n) is 11.1. The first-order valence-corrected chi connectivity index (χ1v) is 7.24. The van der Waals surface area contributed by atoms with Crippen LogP contribution >= 0.6 is 28.1 Å². The Kier molecular flexibility index (Phi) is 4.69. The maximum atomic E-state index is 13.3. The first kappa shape index (κ1) is 15.6. The first-order chi connectivity index (χ1) is 9.91. The summed E-state index contributed by atoms with van der Waals surface area (Å²) in [5.74, 6) is -0.831. The molecule has 2 aromatic rings. The third kappa shape index (κ3) is 3.28. The fraction of sp³-hybridized carbons (Fsp3) is 0.0667. The summed E-state index contributed by atoms with van der Waals surface area (Å²) >= 11 is 8.24. The molecule has 0 heterocycles. The maximum absolute atomic E-state index is 13.3. The molecular formula is C15H12BrFN2OS. The monoisotopic (exact) mass is 366 g/mol. The Morgan fingerprint density at radius 1 is 1.24 bits per heavy atom. The van der Waals surface area contributed by atoms with Gasteiger partial charge in [-0.1, -0.05) is 24.4 Å². The van der Waals surface area contributed by atoms with E-state index in [1.807, 2.05) is 0 Å². The zero-order chi connectivity index (χ0) is 15.6. The summed E-state index contributed by atoms with van der Waals surface area (Å²) in [7, 11) is 1.59. The summed E-state index contributed by atoms with van der Waals surface area (Å²) in [6.45, 7) is 0. The maximum Gasteiger partial charge on any atom is 0.259 e. The molecule has 0 atom stereocenters. The van der Waals surface area contributed by atoms with E-state index in [2.05, 4.69) is 15.9 Å². The van der Waals surface area contributed by atoms with E-state index in [0.29, 0.717) is 15.7 Å². The van der Waals surface area contributed by atoms with E-state index in [1.165, 1.54) is 23.1 Å². The van der Waals surface area contributed by atoms with Crippen LogP contribution in [0.15, 0.2) is 46.9 Å². The Hall–Kier alpha value is -1.79. The molecule has 21 heavy (non-hydrogen) atoms. The molecule has 0 unspecified atom stereocenters. The summed E-state index contributed by atoms with van der Waals surface area (Å²) in [4.78, 5) is 14.1. The normalized spacial score (nSPS) is 10.2. The number of thiocarbonyl (C=S) groups is 1. The minimum absolute atomic E-state index is 0.198. The largest absolute Gasteiger partial charge is 0.389 e. The van der Waals surface area contributed by atoms with Crippen LogP contribution in [-0.2, 0) is 0 Å². The van der Waals surface area contributed by atoms with Crippen molar-refractivity contribution in [3.05, 3.63) is 63.9 Å². The van der Waals surface area contributed by atoms with Crippen molar-refractivity contribution in [1.29, 1.82) is 0 Å². The first-order valence-electron chi connectivity index (χ1n) is 6.03. The molecule has 0 saturated heterocycles. The molecule has 1 amide bonds. The van der Waals surface area contributed by atoms with Crippen LogP contribution in [0.1, 0.15) is 15.9 Å². The number of benzene rings is 2. The van der Waals surface area contributed by atoms with Gasteiger partial charge in [0.15, 0.2) is 0 Å². The number of carbonyl (C=O) groups excluding carboxylic acids is 1. The van der Waals surface area contributed by atoms with Gasteiger partial charge in [-0.05, 0) is 46.3 Å². The summed E-state index contributed by atoms with van der Waals surface area (Å²) in [6.07, 6.45) is 0. The van der Waals surface area contributed by atoms with E-state index >= 15 is 0 Å². The van der Waals surface area contributed by atoms with E-state index in [9.17, 15) is 9.18 Å². The van der Waals surface area contributed by atoms with Gasteiger partial charge in [-0.2, -0.15) is 0 Å². The number of hydrogen-bond acceptors (Lipinski definition) is 2. The third-order valence-electron chi connectivity index (χ3n) is 2.99. The van der Waals surface area contributed by atoms with Crippen molar-refractivity contribution in [2.45, 2.75) is 0 Å². The Labute approximate surface area is 135 Å². The molecule has 0 aromatic heterocycles. The lowest BCUT2D eigenvalue weighted by Crippen LogP contribution is -2.29. The fourth-order valence-electron chi connectivity index (χ4n) is 1.93. The standard InChI is InChI=1S/C15H12BrFN2OS/c1-19(13-5-3-2-4-10(13)14(18)21)15(20)11-8-9(17)6-7-12(11)16/h2-8H,1H3,(H2,18,21). The average molecular weight is 367 g/mol. The lowest BCUT2D eigenvalue weighted by molar-refractivity contribution is 0.0992. The SMILES string of the molecule is CN(C(=O)c1cc(F)ccc1Br)c1ccccc1C(N)=S. The summed E-state index contributed by atoms with van der Waals surface area (Å²) < 4.78 is 13.9. The van der Waals surface area contributed by atoms with Gasteiger partial charge in [0.25, 0.3) is 5.91 Å². The lowest BCUT2D eigenvalue weighted by atomic mass is 10.1. The molecular weight excluding hydrogens is 355 g/mol. The van der Waals surface area contributed by atoms with Crippen LogP contribution in [0.3, 0.4) is 0 Å². The van der Waals surface area contributed by atoms with Gasteiger partial charge in [-0.15, -0.1) is 0 Å². The van der Waals surface area contributed by atoms with Crippen LogP contribution in [0.4, 0.5) is 10.1 Å². The van der Waals surface area contributed by atoms with Gasteiger partial charge in [-0.25, -0.2) is 4.39 Å². The van der Waals surface area contributed by atoms with E-state index < -0.39 is 5.82 Å². The second-order valence-electron chi connectivity index (χ2n) is 4.37. The van der Waals surface area contributed by atoms with Crippen molar-refractivity contribution >= 4 is 44.7 Å². The molecule has 2 rings (SSSR count). The summed E-state index contributed by atoms with van der Waals surface area (Å²) in [5.41, 5.74) is 7.07. The molecule has 0 aliphatic carbocycles. The zero-order valence-corrected chi connectivity index (χ0v) is 13.5. The van der Waals surface area contributed by atoms with E-state index in [1.54, 1.807) is 31.3 Å². The Morgan fingerprint density at radius 2 is 1.90 bits per heavy atom. The predicted molar refractivity (Wildman–Crippen MR) is 89.2 cm³/mol. The van der Waals surface area contributed by atoms with Gasteiger partial charge >= 0.3 is 0 Å². The molecule has 0 saturated carbocycles. The minimum Gasteiger partial charge on any atom is -0.389 e. The molecule has 2 N–H and O–H groups in total. The van der Waals surface area contributed by atoms with E-state index in [-0.39, 0.29) is 16.5 Å². The number of rotatable bonds is 3. The topological polar surface area (TPSA) is 46.3 Å². The smallest absolute Gasteiger partial charge is 0.259 e. The number of carbonyl (C=O) groups is 1. The fourth-order valence-corrected chi connectivity index (χ4v) is 2.51. The van der Waals surface area contributed by atoms with Crippen LogP contribution < -0.4 is 10.6 Å². The van der Waals surface area contributed by atoms with Gasteiger partial charge in [0.05, 0.1) is 11.3 Å². The summed E-state index contributed by atoms with van der Waals surface area (Å²) in [6, 6.07) is 11.0. The molecule has 0 aliphatic rings. The molecule has 3 nitrogen and oxygen atoms in total. The van der Waals surface area contributed by atoms with Gasteiger partial charge in [-0.3, -0.25) is 4.79 Å². The van der Waals surface area contributed by atoms with Gasteiger partial charge in [0.1, 0.15) is 10.8 Å². The third-order valence-corrected chi connectivity index (χ3v) is 3.91. The predicted octanol–water partition coefficient (Wildman–Crippen LogP) is 3.50. The quantitative estimate of drug-likeness (QED) is 0.845. The van der Waals surface area contributed by atoms with Gasteiger partial charge in [0, 0.05) is 17.1 Å². The van der Waals surface area contributed by atoms with Crippen LogP contribution in [0.25, 0.3) is 0 Å². The number of halogens is 2. The van der Waals surface area contributed by atoms with Gasteiger partial charge in [0.2, 0.25) is 0 Å². The molecule has 2 aromatic carbocycles.